The van der Waals surface area contributed by atoms with Crippen molar-refractivity contribution in [1.29, 1.82) is 0 Å². The molecule has 1 heterocycles. The average molecular weight is 323 g/mol. The van der Waals surface area contributed by atoms with Crippen molar-refractivity contribution in [2.24, 2.45) is 0 Å². The number of aryl methyl sites for hydroxylation is 2. The molecule has 0 unspecified atom stereocenters. The molecule has 0 saturated carbocycles. The maximum absolute atomic E-state index is 11.8. The summed E-state index contributed by atoms with van der Waals surface area (Å²) in [6.45, 7) is 5.33. The molecule has 3 rings (SSSR count). The fraction of sp³-hybridized carbons (Fsp3) is 0.250. The van der Waals surface area contributed by atoms with Crippen molar-refractivity contribution in [3.05, 3.63) is 75.1 Å². The van der Waals surface area contributed by atoms with Gasteiger partial charge in [-0.05, 0) is 48.7 Å². The normalized spacial score (nSPS) is 11.0. The highest BCUT2D eigenvalue weighted by molar-refractivity contribution is 5.81. The molecule has 4 nitrogen and oxygen atoms in total. The smallest absolute Gasteiger partial charge is 0.336 e. The van der Waals surface area contributed by atoms with Crippen LogP contribution in [0, 0.1) is 13.8 Å². The first-order valence-electron chi connectivity index (χ1n) is 7.95. The van der Waals surface area contributed by atoms with Crippen LogP contribution in [0.1, 0.15) is 22.3 Å². The van der Waals surface area contributed by atoms with Gasteiger partial charge >= 0.3 is 5.63 Å². The van der Waals surface area contributed by atoms with Crippen LogP contribution in [-0.2, 0) is 13.1 Å². The van der Waals surface area contributed by atoms with E-state index in [2.05, 4.69) is 18.3 Å². The lowest BCUT2D eigenvalue weighted by Crippen LogP contribution is -2.15. The number of benzene rings is 2. The van der Waals surface area contributed by atoms with Gasteiger partial charge in [-0.15, -0.1) is 0 Å². The number of hydrogen-bond acceptors (Lipinski definition) is 4. The molecule has 1 N–H and O–H groups in total. The fourth-order valence-corrected chi connectivity index (χ4v) is 2.81. The lowest BCUT2D eigenvalue weighted by Gasteiger charge is -2.11. The van der Waals surface area contributed by atoms with Gasteiger partial charge in [0, 0.05) is 30.1 Å². The van der Waals surface area contributed by atoms with E-state index in [4.69, 9.17) is 9.15 Å². The summed E-state index contributed by atoms with van der Waals surface area (Å²) < 4.78 is 10.7. The molecule has 0 amide bonds. The Hall–Kier alpha value is -2.59. The Morgan fingerprint density at radius 1 is 1.00 bits per heavy atom. The van der Waals surface area contributed by atoms with Crippen LogP contribution in [-0.4, -0.2) is 7.11 Å². The fourth-order valence-electron chi connectivity index (χ4n) is 2.81. The molecule has 0 spiro atoms. The first-order valence-corrected chi connectivity index (χ1v) is 7.95. The van der Waals surface area contributed by atoms with Gasteiger partial charge in [0.2, 0.25) is 0 Å². The third kappa shape index (κ3) is 3.34. The third-order valence-corrected chi connectivity index (χ3v) is 4.27. The van der Waals surface area contributed by atoms with E-state index < -0.39 is 0 Å². The second kappa shape index (κ2) is 6.89. The predicted octanol–water partition coefficient (Wildman–Crippen LogP) is 3.71. The van der Waals surface area contributed by atoms with Gasteiger partial charge in [-0.25, -0.2) is 4.79 Å². The molecule has 24 heavy (non-hydrogen) atoms. The van der Waals surface area contributed by atoms with Gasteiger partial charge in [-0.3, -0.25) is 0 Å². The molecular weight excluding hydrogens is 302 g/mol. The van der Waals surface area contributed by atoms with E-state index in [9.17, 15) is 4.79 Å². The van der Waals surface area contributed by atoms with Crippen LogP contribution in [0.25, 0.3) is 11.0 Å². The molecule has 0 aliphatic carbocycles. The quantitative estimate of drug-likeness (QED) is 0.727. The predicted molar refractivity (Wildman–Crippen MR) is 95.5 cm³/mol. The Balaban J connectivity index is 1.85. The highest BCUT2D eigenvalue weighted by Crippen LogP contribution is 2.22. The van der Waals surface area contributed by atoms with Crippen molar-refractivity contribution in [1.82, 2.24) is 5.32 Å². The molecule has 2 aromatic carbocycles. The molecule has 0 fully saturated rings. The van der Waals surface area contributed by atoms with Crippen molar-refractivity contribution < 1.29 is 9.15 Å². The third-order valence-electron chi connectivity index (χ3n) is 4.27. The van der Waals surface area contributed by atoms with Crippen LogP contribution in [0.15, 0.2) is 51.7 Å². The van der Waals surface area contributed by atoms with Crippen LogP contribution in [0.3, 0.4) is 0 Å². The molecular formula is C20H21NO3. The molecule has 0 radical (unpaired) electrons. The van der Waals surface area contributed by atoms with E-state index in [0.29, 0.717) is 18.7 Å². The Labute approximate surface area is 141 Å². The van der Waals surface area contributed by atoms with Gasteiger partial charge in [0.05, 0.1) is 7.11 Å². The lowest BCUT2D eigenvalue weighted by atomic mass is 10.0. The summed E-state index contributed by atoms with van der Waals surface area (Å²) in [4.78, 5) is 11.8. The molecule has 0 atom stereocenters. The Morgan fingerprint density at radius 2 is 1.71 bits per heavy atom. The van der Waals surface area contributed by atoms with E-state index in [1.807, 2.05) is 37.3 Å². The van der Waals surface area contributed by atoms with Gasteiger partial charge in [0.15, 0.2) is 0 Å². The van der Waals surface area contributed by atoms with Crippen molar-refractivity contribution in [3.63, 3.8) is 0 Å². The highest BCUT2D eigenvalue weighted by Gasteiger charge is 2.08. The van der Waals surface area contributed by atoms with Crippen molar-refractivity contribution >= 4 is 11.0 Å². The Kier molecular flexibility index (Phi) is 4.67. The molecule has 124 valence electrons. The molecule has 3 aromatic rings. The molecule has 4 heteroatoms. The largest absolute Gasteiger partial charge is 0.496 e. The van der Waals surface area contributed by atoms with Crippen molar-refractivity contribution in [2.45, 2.75) is 26.9 Å². The van der Waals surface area contributed by atoms with Crippen molar-refractivity contribution in [2.75, 3.05) is 7.11 Å². The Bertz CT molecular complexity index is 928. The number of para-hydroxylation sites is 1. The minimum absolute atomic E-state index is 0.320. The van der Waals surface area contributed by atoms with Crippen LogP contribution < -0.4 is 15.7 Å². The van der Waals surface area contributed by atoms with Crippen LogP contribution >= 0.6 is 0 Å². The average Bonchev–Trinajstić information content (AvgIpc) is 2.57. The number of nitrogens with one attached hydrogen (secondary N) is 1. The maximum atomic E-state index is 11.8. The minimum Gasteiger partial charge on any atom is -0.496 e. The van der Waals surface area contributed by atoms with E-state index in [-0.39, 0.29) is 5.63 Å². The summed E-state index contributed by atoms with van der Waals surface area (Å²) in [5.74, 6) is 0.855. The minimum atomic E-state index is -0.320. The highest BCUT2D eigenvalue weighted by atomic mass is 16.5. The van der Waals surface area contributed by atoms with Gasteiger partial charge in [0.1, 0.15) is 11.3 Å². The zero-order chi connectivity index (χ0) is 17.1. The van der Waals surface area contributed by atoms with Crippen molar-refractivity contribution in [3.8, 4) is 5.75 Å². The number of rotatable bonds is 5. The summed E-state index contributed by atoms with van der Waals surface area (Å²) in [6, 6.07) is 13.5. The van der Waals surface area contributed by atoms with Crippen LogP contribution in [0.4, 0.5) is 0 Å². The first-order chi connectivity index (χ1) is 11.6. The van der Waals surface area contributed by atoms with E-state index in [0.717, 1.165) is 27.8 Å². The maximum Gasteiger partial charge on any atom is 0.336 e. The second-order valence-corrected chi connectivity index (χ2v) is 5.94. The molecule has 0 aliphatic rings. The molecule has 0 aliphatic heterocycles. The number of ether oxygens (including phenoxy) is 1. The molecule has 0 bridgehead atoms. The standard InChI is InChI=1S/C20H21NO3/c1-13-8-17-16(10-20(22)24-19(17)9-14(13)2)12-21-11-15-6-4-5-7-18(15)23-3/h4-10,21H,11-12H2,1-3H3. The van der Waals surface area contributed by atoms with E-state index in [1.165, 1.54) is 5.56 Å². The van der Waals surface area contributed by atoms with Gasteiger partial charge in [-0.1, -0.05) is 18.2 Å². The topological polar surface area (TPSA) is 51.5 Å². The van der Waals surface area contributed by atoms with Gasteiger partial charge in [-0.2, -0.15) is 0 Å². The SMILES string of the molecule is COc1ccccc1CNCc1cc(=O)oc2cc(C)c(C)cc12. The first kappa shape index (κ1) is 16.3. The summed E-state index contributed by atoms with van der Waals surface area (Å²) in [5.41, 5.74) is 4.64. The number of fused-ring (bicyclic) bond motifs is 1. The summed E-state index contributed by atoms with van der Waals surface area (Å²) in [6.07, 6.45) is 0. The summed E-state index contributed by atoms with van der Waals surface area (Å²) >= 11 is 0. The second-order valence-electron chi connectivity index (χ2n) is 5.94. The van der Waals surface area contributed by atoms with Crippen LogP contribution in [0.5, 0.6) is 5.75 Å². The van der Waals surface area contributed by atoms with E-state index >= 15 is 0 Å². The van der Waals surface area contributed by atoms with E-state index in [1.54, 1.807) is 13.2 Å². The monoisotopic (exact) mass is 323 g/mol. The number of methoxy groups -OCH3 is 1. The summed E-state index contributed by atoms with van der Waals surface area (Å²) in [7, 11) is 1.67. The number of hydrogen-bond donors (Lipinski definition) is 1. The van der Waals surface area contributed by atoms with Gasteiger partial charge < -0.3 is 14.5 Å². The zero-order valence-electron chi connectivity index (χ0n) is 14.2. The molecule has 0 saturated heterocycles. The lowest BCUT2D eigenvalue weighted by molar-refractivity contribution is 0.407. The van der Waals surface area contributed by atoms with Gasteiger partial charge in [0.25, 0.3) is 0 Å². The Morgan fingerprint density at radius 3 is 2.50 bits per heavy atom. The molecule has 1 aromatic heterocycles. The zero-order valence-corrected chi connectivity index (χ0v) is 14.2. The van der Waals surface area contributed by atoms with Crippen LogP contribution in [0.2, 0.25) is 0 Å². The summed E-state index contributed by atoms with van der Waals surface area (Å²) in [5, 5.41) is 4.36.